The van der Waals surface area contributed by atoms with E-state index in [2.05, 4.69) is 77.5 Å². The van der Waals surface area contributed by atoms with Gasteiger partial charge in [0, 0.05) is 37.8 Å². The molecule has 1 saturated heterocycles. The second-order valence-corrected chi connectivity index (χ2v) is 7.93. The maximum absolute atomic E-state index is 2.54. The first-order valence-corrected chi connectivity index (χ1v) is 9.83. The van der Waals surface area contributed by atoms with E-state index in [1.165, 1.54) is 59.1 Å². The summed E-state index contributed by atoms with van der Waals surface area (Å²) in [6, 6.07) is 22.9. The van der Waals surface area contributed by atoms with Gasteiger partial charge < -0.3 is 9.80 Å². The molecule has 0 saturated carbocycles. The Morgan fingerprint density at radius 3 is 2.50 bits per heavy atom. The first kappa shape index (κ1) is 15.9. The molecule has 2 heterocycles. The van der Waals surface area contributed by atoms with Crippen LogP contribution in [0.1, 0.15) is 35.4 Å². The normalized spacial score (nSPS) is 20.5. The van der Waals surface area contributed by atoms with Gasteiger partial charge >= 0.3 is 0 Å². The molecule has 2 nitrogen and oxygen atoms in total. The Kier molecular flexibility index (Phi) is 3.94. The van der Waals surface area contributed by atoms with Crippen LogP contribution in [0.25, 0.3) is 10.8 Å². The number of fused-ring (bicyclic) bond motifs is 2. The van der Waals surface area contributed by atoms with Crippen molar-refractivity contribution in [1.82, 2.24) is 4.90 Å². The molecule has 3 aromatic carbocycles. The van der Waals surface area contributed by atoms with Crippen LogP contribution in [0.3, 0.4) is 0 Å². The minimum absolute atomic E-state index is 0.459. The minimum Gasteiger partial charge on any atom is -0.372 e. The van der Waals surface area contributed by atoms with Gasteiger partial charge in [0.05, 0.1) is 0 Å². The van der Waals surface area contributed by atoms with E-state index in [1.54, 1.807) is 0 Å². The third-order valence-corrected chi connectivity index (χ3v) is 6.08. The lowest BCUT2D eigenvalue weighted by Gasteiger charge is -2.34. The quantitative estimate of drug-likeness (QED) is 0.645. The molecule has 1 fully saturated rings. The summed E-state index contributed by atoms with van der Waals surface area (Å²) in [5, 5.41) is 2.67. The Balaban J connectivity index is 1.55. The van der Waals surface area contributed by atoms with Crippen LogP contribution in [-0.4, -0.2) is 31.6 Å². The van der Waals surface area contributed by atoms with Crippen molar-refractivity contribution in [2.45, 2.75) is 25.3 Å². The number of hydrogen-bond acceptors (Lipinski definition) is 2. The van der Waals surface area contributed by atoms with Gasteiger partial charge in [0.2, 0.25) is 0 Å². The largest absolute Gasteiger partial charge is 0.372 e. The second-order valence-electron chi connectivity index (χ2n) is 7.93. The summed E-state index contributed by atoms with van der Waals surface area (Å²) in [4.78, 5) is 5.01. The molecule has 132 valence electrons. The van der Waals surface area contributed by atoms with E-state index >= 15 is 0 Å². The van der Waals surface area contributed by atoms with Gasteiger partial charge in [0.25, 0.3) is 0 Å². The SMILES string of the molecule is CN1Cc2cc(N3CCCC3)ccc2C(c2ccc3ccccc3c2)C1. The summed E-state index contributed by atoms with van der Waals surface area (Å²) < 4.78 is 0. The molecule has 0 radical (unpaired) electrons. The standard InChI is InChI=1S/C24H26N2/c1-25-16-21-15-22(26-12-4-5-13-26)10-11-23(21)24(17-25)20-9-8-18-6-2-3-7-19(18)14-20/h2-3,6-11,14-15,24H,4-5,12-13,16-17H2,1H3. The summed E-state index contributed by atoms with van der Waals surface area (Å²) in [5.41, 5.74) is 5.86. The molecule has 0 aromatic heterocycles. The molecule has 0 bridgehead atoms. The maximum atomic E-state index is 2.54. The van der Waals surface area contributed by atoms with E-state index in [4.69, 9.17) is 0 Å². The van der Waals surface area contributed by atoms with Gasteiger partial charge in [-0.1, -0.05) is 48.5 Å². The van der Waals surface area contributed by atoms with Gasteiger partial charge in [-0.2, -0.15) is 0 Å². The van der Waals surface area contributed by atoms with Crippen LogP contribution in [0.15, 0.2) is 60.7 Å². The van der Waals surface area contributed by atoms with Gasteiger partial charge in [0.15, 0.2) is 0 Å². The van der Waals surface area contributed by atoms with E-state index in [-0.39, 0.29) is 0 Å². The summed E-state index contributed by atoms with van der Waals surface area (Å²) in [7, 11) is 2.25. The predicted molar refractivity (Wildman–Crippen MR) is 110 cm³/mol. The highest BCUT2D eigenvalue weighted by atomic mass is 15.1. The van der Waals surface area contributed by atoms with Crippen molar-refractivity contribution in [3.8, 4) is 0 Å². The number of hydrogen-bond donors (Lipinski definition) is 0. The third kappa shape index (κ3) is 2.79. The number of benzene rings is 3. The van der Waals surface area contributed by atoms with E-state index in [0.717, 1.165) is 13.1 Å². The van der Waals surface area contributed by atoms with E-state index in [9.17, 15) is 0 Å². The van der Waals surface area contributed by atoms with Crippen LogP contribution in [-0.2, 0) is 6.54 Å². The van der Waals surface area contributed by atoms with Crippen LogP contribution in [0.4, 0.5) is 5.69 Å². The third-order valence-electron chi connectivity index (χ3n) is 6.08. The average molecular weight is 342 g/mol. The summed E-state index contributed by atoms with van der Waals surface area (Å²) >= 11 is 0. The first-order valence-electron chi connectivity index (χ1n) is 9.83. The van der Waals surface area contributed by atoms with E-state index in [1.807, 2.05) is 0 Å². The Morgan fingerprint density at radius 1 is 0.846 bits per heavy atom. The smallest absolute Gasteiger partial charge is 0.0369 e. The van der Waals surface area contributed by atoms with Crippen LogP contribution in [0.2, 0.25) is 0 Å². The van der Waals surface area contributed by atoms with Crippen LogP contribution < -0.4 is 4.90 Å². The van der Waals surface area contributed by atoms with Gasteiger partial charge in [-0.25, -0.2) is 0 Å². The minimum atomic E-state index is 0.459. The highest BCUT2D eigenvalue weighted by Crippen LogP contribution is 2.36. The summed E-state index contributed by atoms with van der Waals surface area (Å²) in [5.74, 6) is 0.459. The van der Waals surface area contributed by atoms with Crippen LogP contribution in [0, 0.1) is 0 Å². The molecule has 0 N–H and O–H groups in total. The average Bonchev–Trinajstić information content (AvgIpc) is 3.21. The summed E-state index contributed by atoms with van der Waals surface area (Å²) in [6.45, 7) is 4.57. The molecular weight excluding hydrogens is 316 g/mol. The number of anilines is 1. The summed E-state index contributed by atoms with van der Waals surface area (Å²) in [6.07, 6.45) is 2.66. The zero-order valence-electron chi connectivity index (χ0n) is 15.5. The lowest BCUT2D eigenvalue weighted by molar-refractivity contribution is 0.295. The zero-order chi connectivity index (χ0) is 17.5. The Bertz CT molecular complexity index is 940. The van der Waals surface area contributed by atoms with Gasteiger partial charge in [-0.3, -0.25) is 0 Å². The molecular formula is C24H26N2. The van der Waals surface area contributed by atoms with Crippen LogP contribution >= 0.6 is 0 Å². The lowest BCUT2D eigenvalue weighted by atomic mass is 9.84. The molecule has 2 heteroatoms. The lowest BCUT2D eigenvalue weighted by Crippen LogP contribution is -2.31. The monoisotopic (exact) mass is 342 g/mol. The topological polar surface area (TPSA) is 6.48 Å². The van der Waals surface area contributed by atoms with Crippen molar-refractivity contribution in [2.24, 2.45) is 0 Å². The Labute approximate surface area is 156 Å². The van der Waals surface area contributed by atoms with Crippen molar-refractivity contribution in [1.29, 1.82) is 0 Å². The predicted octanol–water partition coefficient (Wildman–Crippen LogP) is 5.02. The zero-order valence-corrected chi connectivity index (χ0v) is 15.5. The molecule has 5 rings (SSSR count). The fourth-order valence-electron chi connectivity index (χ4n) is 4.72. The van der Waals surface area contributed by atoms with E-state index < -0.39 is 0 Å². The number of likely N-dealkylation sites (N-methyl/N-ethyl adjacent to an activating group) is 1. The van der Waals surface area contributed by atoms with Crippen molar-refractivity contribution in [3.05, 3.63) is 77.4 Å². The molecule has 3 aromatic rings. The van der Waals surface area contributed by atoms with Gasteiger partial charge in [-0.15, -0.1) is 0 Å². The van der Waals surface area contributed by atoms with E-state index in [0.29, 0.717) is 5.92 Å². The molecule has 0 aliphatic carbocycles. The van der Waals surface area contributed by atoms with Gasteiger partial charge in [0.1, 0.15) is 0 Å². The molecule has 0 spiro atoms. The van der Waals surface area contributed by atoms with Crippen molar-refractivity contribution in [2.75, 3.05) is 31.6 Å². The fourth-order valence-corrected chi connectivity index (χ4v) is 4.72. The number of nitrogens with zero attached hydrogens (tertiary/aromatic N) is 2. The number of rotatable bonds is 2. The highest BCUT2D eigenvalue weighted by Gasteiger charge is 2.26. The van der Waals surface area contributed by atoms with Crippen LogP contribution in [0.5, 0.6) is 0 Å². The first-order chi connectivity index (χ1) is 12.8. The molecule has 0 amide bonds. The molecule has 26 heavy (non-hydrogen) atoms. The molecule has 2 aliphatic rings. The fraction of sp³-hybridized carbons (Fsp3) is 0.333. The van der Waals surface area contributed by atoms with Gasteiger partial charge in [-0.05, 0) is 59.5 Å². The molecule has 1 unspecified atom stereocenters. The molecule has 2 aliphatic heterocycles. The second kappa shape index (κ2) is 6.44. The molecule has 1 atom stereocenters. The Morgan fingerprint density at radius 2 is 1.65 bits per heavy atom. The maximum Gasteiger partial charge on any atom is 0.0369 e. The highest BCUT2D eigenvalue weighted by molar-refractivity contribution is 5.83. The van der Waals surface area contributed by atoms with Crippen molar-refractivity contribution < 1.29 is 0 Å². The Hall–Kier alpha value is -2.32. The van der Waals surface area contributed by atoms with Crippen molar-refractivity contribution in [3.63, 3.8) is 0 Å². The van der Waals surface area contributed by atoms with Crippen molar-refractivity contribution >= 4 is 16.5 Å².